The number of hydrogen-bond donors (Lipinski definition) is 1. The molecule has 0 amide bonds. The lowest BCUT2D eigenvalue weighted by atomic mass is 9.81. The van der Waals surface area contributed by atoms with Crippen molar-refractivity contribution in [2.75, 3.05) is 38.1 Å². The second-order valence-corrected chi connectivity index (χ2v) is 7.00. The first-order chi connectivity index (χ1) is 9.55. The number of aliphatic carboxylic acids is 1. The Balaban J connectivity index is 1.80. The molecule has 3 rings (SSSR count). The first kappa shape index (κ1) is 13.8. The molecule has 3 heterocycles. The normalized spacial score (nSPS) is 29.9. The number of nitrogens with zero attached hydrogens (tertiary/aromatic N) is 4. The largest absolute Gasteiger partial charge is 0.481 e. The number of fused-ring (bicyclic) bond motifs is 1. The standard InChI is InChI=1S/C13H20N4O2S/c1-3-4-10-14-15-12(20-10)17-6-9-5-16(2)7-13(9,8-17)11(18)19/h9H,3-8H2,1-2H3,(H,18,19)/t9-,13-/m0/s1. The van der Waals surface area contributed by atoms with Gasteiger partial charge in [0.25, 0.3) is 0 Å². The smallest absolute Gasteiger partial charge is 0.313 e. The Labute approximate surface area is 122 Å². The summed E-state index contributed by atoms with van der Waals surface area (Å²) in [6.45, 7) is 4.93. The zero-order valence-electron chi connectivity index (χ0n) is 11.9. The molecular formula is C13H20N4O2S. The zero-order chi connectivity index (χ0) is 14.3. The number of carboxylic acids is 1. The van der Waals surface area contributed by atoms with E-state index in [4.69, 9.17) is 0 Å². The molecule has 2 atom stereocenters. The van der Waals surface area contributed by atoms with E-state index in [0.29, 0.717) is 13.1 Å². The van der Waals surface area contributed by atoms with Crippen LogP contribution in [0.4, 0.5) is 5.13 Å². The van der Waals surface area contributed by atoms with Crippen molar-refractivity contribution < 1.29 is 9.90 Å². The van der Waals surface area contributed by atoms with Gasteiger partial charge in [-0.2, -0.15) is 0 Å². The number of rotatable bonds is 4. The minimum atomic E-state index is -0.673. The molecule has 0 aromatic carbocycles. The highest BCUT2D eigenvalue weighted by atomic mass is 32.1. The van der Waals surface area contributed by atoms with E-state index in [1.807, 2.05) is 7.05 Å². The van der Waals surface area contributed by atoms with E-state index in [0.717, 1.165) is 36.1 Å². The summed E-state index contributed by atoms with van der Waals surface area (Å²) in [5.41, 5.74) is -0.634. The lowest BCUT2D eigenvalue weighted by molar-refractivity contribution is -0.148. The van der Waals surface area contributed by atoms with Crippen molar-refractivity contribution in [1.82, 2.24) is 15.1 Å². The summed E-state index contributed by atoms with van der Waals surface area (Å²) >= 11 is 1.60. The number of aromatic nitrogens is 2. The average molecular weight is 296 g/mol. The molecule has 2 saturated heterocycles. The lowest BCUT2D eigenvalue weighted by Crippen LogP contribution is -2.40. The summed E-state index contributed by atoms with van der Waals surface area (Å²) in [6, 6.07) is 0. The fourth-order valence-electron chi connectivity index (χ4n) is 3.45. The van der Waals surface area contributed by atoms with E-state index >= 15 is 0 Å². The molecule has 7 heteroatoms. The molecule has 1 aromatic heterocycles. The van der Waals surface area contributed by atoms with Crippen LogP contribution in [0.5, 0.6) is 0 Å². The van der Waals surface area contributed by atoms with Crippen molar-refractivity contribution in [3.05, 3.63) is 5.01 Å². The van der Waals surface area contributed by atoms with Gasteiger partial charge < -0.3 is 14.9 Å². The Morgan fingerprint density at radius 1 is 1.45 bits per heavy atom. The summed E-state index contributed by atoms with van der Waals surface area (Å²) in [7, 11) is 2.00. The molecule has 0 radical (unpaired) electrons. The maximum atomic E-state index is 11.7. The van der Waals surface area contributed by atoms with Gasteiger partial charge in [0.2, 0.25) is 5.13 Å². The average Bonchev–Trinajstić information content (AvgIpc) is 3.01. The van der Waals surface area contributed by atoms with Gasteiger partial charge in [0.15, 0.2) is 0 Å². The van der Waals surface area contributed by atoms with Crippen LogP contribution >= 0.6 is 11.3 Å². The van der Waals surface area contributed by atoms with Crippen molar-refractivity contribution in [3.8, 4) is 0 Å². The van der Waals surface area contributed by atoms with E-state index < -0.39 is 11.4 Å². The van der Waals surface area contributed by atoms with Gasteiger partial charge in [-0.3, -0.25) is 4.79 Å². The molecule has 6 nitrogen and oxygen atoms in total. The molecule has 0 bridgehead atoms. The summed E-state index contributed by atoms with van der Waals surface area (Å²) in [5, 5.41) is 20.0. The van der Waals surface area contributed by atoms with Crippen LogP contribution in [0.1, 0.15) is 18.4 Å². The first-order valence-corrected chi connectivity index (χ1v) is 7.86. The molecule has 2 aliphatic heterocycles. The molecule has 0 saturated carbocycles. The lowest BCUT2D eigenvalue weighted by Gasteiger charge is -2.23. The molecular weight excluding hydrogens is 276 g/mol. The van der Waals surface area contributed by atoms with Crippen LogP contribution in [0.2, 0.25) is 0 Å². The summed E-state index contributed by atoms with van der Waals surface area (Å²) in [6.07, 6.45) is 2.00. The molecule has 1 N–H and O–H groups in total. The van der Waals surface area contributed by atoms with E-state index in [1.54, 1.807) is 11.3 Å². The van der Waals surface area contributed by atoms with Crippen LogP contribution in [0.25, 0.3) is 0 Å². The number of aryl methyl sites for hydroxylation is 1. The van der Waals surface area contributed by atoms with E-state index in [9.17, 15) is 9.90 Å². The summed E-state index contributed by atoms with van der Waals surface area (Å²) in [5.74, 6) is -0.490. The number of hydrogen-bond acceptors (Lipinski definition) is 6. The molecule has 0 unspecified atom stereocenters. The molecule has 2 fully saturated rings. The minimum Gasteiger partial charge on any atom is -0.481 e. The van der Waals surface area contributed by atoms with Crippen molar-refractivity contribution >= 4 is 22.4 Å². The molecule has 20 heavy (non-hydrogen) atoms. The van der Waals surface area contributed by atoms with Crippen molar-refractivity contribution in [3.63, 3.8) is 0 Å². The monoisotopic (exact) mass is 296 g/mol. The topological polar surface area (TPSA) is 69.6 Å². The SMILES string of the molecule is CCCc1nnc(N2C[C@@H]3CN(C)C[C@]3(C(=O)O)C2)s1. The third-order valence-electron chi connectivity index (χ3n) is 4.40. The van der Waals surface area contributed by atoms with Gasteiger partial charge in [-0.15, -0.1) is 10.2 Å². The minimum absolute atomic E-state index is 0.184. The summed E-state index contributed by atoms with van der Waals surface area (Å²) in [4.78, 5) is 16.0. The predicted octanol–water partition coefficient (Wildman–Crippen LogP) is 0.943. The zero-order valence-corrected chi connectivity index (χ0v) is 12.7. The van der Waals surface area contributed by atoms with Crippen LogP contribution in [0.3, 0.4) is 0 Å². The van der Waals surface area contributed by atoms with Gasteiger partial charge in [-0.05, 0) is 13.5 Å². The Hall–Kier alpha value is -1.21. The highest BCUT2D eigenvalue weighted by molar-refractivity contribution is 7.15. The van der Waals surface area contributed by atoms with Gasteiger partial charge in [-0.25, -0.2) is 0 Å². The molecule has 110 valence electrons. The fourth-order valence-corrected chi connectivity index (χ4v) is 4.40. The van der Waals surface area contributed by atoms with Crippen LogP contribution in [0.15, 0.2) is 0 Å². The summed E-state index contributed by atoms with van der Waals surface area (Å²) < 4.78 is 0. The van der Waals surface area contributed by atoms with E-state index in [1.165, 1.54) is 0 Å². The molecule has 2 aliphatic rings. The number of carbonyl (C=O) groups is 1. The van der Waals surface area contributed by atoms with Crippen LogP contribution in [-0.4, -0.2) is 59.4 Å². The number of anilines is 1. The van der Waals surface area contributed by atoms with E-state index in [-0.39, 0.29) is 5.92 Å². The maximum Gasteiger partial charge on any atom is 0.313 e. The van der Waals surface area contributed by atoms with Crippen LogP contribution < -0.4 is 4.90 Å². The predicted molar refractivity (Wildman–Crippen MR) is 77.2 cm³/mol. The quantitative estimate of drug-likeness (QED) is 0.892. The molecule has 1 aromatic rings. The van der Waals surface area contributed by atoms with Crippen molar-refractivity contribution in [2.45, 2.75) is 19.8 Å². The fraction of sp³-hybridized carbons (Fsp3) is 0.769. The highest BCUT2D eigenvalue weighted by Crippen LogP contribution is 2.44. The highest BCUT2D eigenvalue weighted by Gasteiger charge is 2.57. The van der Waals surface area contributed by atoms with Crippen LogP contribution in [-0.2, 0) is 11.2 Å². The molecule has 0 spiro atoms. The first-order valence-electron chi connectivity index (χ1n) is 7.04. The number of likely N-dealkylation sites (tertiary alicyclic amines) is 1. The van der Waals surface area contributed by atoms with Crippen molar-refractivity contribution in [1.29, 1.82) is 0 Å². The maximum absolute atomic E-state index is 11.7. The number of carboxylic acid groups (broad SMARTS) is 1. The van der Waals surface area contributed by atoms with Gasteiger partial charge in [0.1, 0.15) is 10.4 Å². The van der Waals surface area contributed by atoms with Crippen molar-refractivity contribution in [2.24, 2.45) is 11.3 Å². The van der Waals surface area contributed by atoms with Gasteiger partial charge >= 0.3 is 5.97 Å². The third-order valence-corrected chi connectivity index (χ3v) is 5.44. The van der Waals surface area contributed by atoms with Crippen LogP contribution in [0, 0.1) is 11.3 Å². The Morgan fingerprint density at radius 3 is 2.90 bits per heavy atom. The second-order valence-electron chi connectivity index (χ2n) is 5.96. The van der Waals surface area contributed by atoms with Gasteiger partial charge in [0, 0.05) is 38.5 Å². The van der Waals surface area contributed by atoms with Gasteiger partial charge in [0.05, 0.1) is 0 Å². The Morgan fingerprint density at radius 2 is 2.25 bits per heavy atom. The molecule has 0 aliphatic carbocycles. The Bertz CT molecular complexity index is 520. The van der Waals surface area contributed by atoms with E-state index in [2.05, 4.69) is 26.9 Å². The second kappa shape index (κ2) is 4.96. The van der Waals surface area contributed by atoms with Gasteiger partial charge in [-0.1, -0.05) is 18.3 Å². The Kier molecular flexibility index (Phi) is 3.41. The third kappa shape index (κ3) is 2.09.